The van der Waals surface area contributed by atoms with Gasteiger partial charge in [0.25, 0.3) is 5.91 Å². The summed E-state index contributed by atoms with van der Waals surface area (Å²) in [4.78, 5) is 36.0. The number of aliphatic carboxylic acids is 1. The van der Waals surface area contributed by atoms with E-state index < -0.39 is 11.9 Å². The third-order valence-electron chi connectivity index (χ3n) is 3.72. The molecule has 1 atom stereocenters. The summed E-state index contributed by atoms with van der Waals surface area (Å²) in [6, 6.07) is 9.36. The van der Waals surface area contributed by atoms with Crippen LogP contribution in [-0.4, -0.2) is 40.5 Å². The molecule has 0 aromatic heterocycles. The maximum absolute atomic E-state index is 12.4. The molecule has 1 fully saturated rings. The Hall–Kier alpha value is -1.54. The van der Waals surface area contributed by atoms with E-state index in [-0.39, 0.29) is 53.1 Å². The molecule has 0 unspecified atom stereocenters. The van der Waals surface area contributed by atoms with Crippen molar-refractivity contribution in [2.75, 3.05) is 12.4 Å². The monoisotopic (exact) mass is 367 g/mol. The van der Waals surface area contributed by atoms with Crippen LogP contribution in [-0.2, 0) is 19.1 Å². The van der Waals surface area contributed by atoms with Gasteiger partial charge in [0.1, 0.15) is 12.0 Å². The molecule has 3 rings (SSSR count). The first kappa shape index (κ1) is 19.8. The van der Waals surface area contributed by atoms with Crippen molar-refractivity contribution in [1.82, 2.24) is 4.90 Å². The maximum Gasteiger partial charge on any atom is 1.00 e. The Morgan fingerprint density at radius 2 is 2.04 bits per heavy atom. The second kappa shape index (κ2) is 8.23. The molecule has 2 aliphatic heterocycles. The number of carbonyl (C=O) groups is 3. The van der Waals surface area contributed by atoms with Crippen LogP contribution < -0.4 is 34.7 Å². The first-order chi connectivity index (χ1) is 11.5. The smallest absolute Gasteiger partial charge is 0.543 e. The number of fused-ring (bicyclic) bond motifs is 1. The standard InChI is InChI=1S/C17H15NO5S.Na/c1-10(19)23-8-12-9-24-16-13(7-11-5-3-2-4-6-11)15(20)18(16)14(12)17(21)22;/h2-7,16H,8-9H2,1H3,(H,21,22);/q;+1/p-1/b13-7-;/t16-;/m1./s1. The molecule has 25 heavy (non-hydrogen) atoms. The molecule has 1 aromatic rings. The van der Waals surface area contributed by atoms with Crippen molar-refractivity contribution < 1.29 is 53.8 Å². The Morgan fingerprint density at radius 3 is 2.64 bits per heavy atom. The molecule has 2 heterocycles. The number of esters is 1. The predicted molar refractivity (Wildman–Crippen MR) is 86.2 cm³/mol. The van der Waals surface area contributed by atoms with E-state index >= 15 is 0 Å². The largest absolute Gasteiger partial charge is 1.00 e. The van der Waals surface area contributed by atoms with E-state index in [0.29, 0.717) is 16.9 Å². The zero-order valence-electron chi connectivity index (χ0n) is 13.9. The van der Waals surface area contributed by atoms with Crippen molar-refractivity contribution >= 4 is 35.7 Å². The molecule has 8 heteroatoms. The van der Waals surface area contributed by atoms with E-state index in [1.807, 2.05) is 30.3 Å². The molecule has 0 radical (unpaired) electrons. The number of thioether (sulfide) groups is 1. The summed E-state index contributed by atoms with van der Waals surface area (Å²) < 4.78 is 4.87. The molecule has 0 aliphatic carbocycles. The molecule has 1 aromatic carbocycles. The average molecular weight is 367 g/mol. The van der Waals surface area contributed by atoms with Gasteiger partial charge >= 0.3 is 35.5 Å². The van der Waals surface area contributed by atoms with Gasteiger partial charge in [0.15, 0.2) is 0 Å². The fourth-order valence-corrected chi connectivity index (χ4v) is 3.91. The van der Waals surface area contributed by atoms with E-state index in [0.717, 1.165) is 5.56 Å². The second-order valence-corrected chi connectivity index (χ2v) is 6.44. The molecule has 124 valence electrons. The minimum absolute atomic E-state index is 0. The minimum Gasteiger partial charge on any atom is -0.543 e. The first-order valence-electron chi connectivity index (χ1n) is 7.27. The number of β-lactam (4-membered cyclic amide) rings is 1. The Kier molecular flexibility index (Phi) is 6.51. The molecule has 1 amide bonds. The van der Waals surface area contributed by atoms with Crippen LogP contribution in [0.5, 0.6) is 0 Å². The van der Waals surface area contributed by atoms with Gasteiger partial charge in [-0.25, -0.2) is 0 Å². The van der Waals surface area contributed by atoms with Gasteiger partial charge < -0.3 is 14.6 Å². The van der Waals surface area contributed by atoms with Crippen LogP contribution in [0.1, 0.15) is 12.5 Å². The van der Waals surface area contributed by atoms with E-state index in [2.05, 4.69) is 0 Å². The molecular weight excluding hydrogens is 353 g/mol. The summed E-state index contributed by atoms with van der Waals surface area (Å²) >= 11 is 1.42. The molecule has 0 saturated carbocycles. The summed E-state index contributed by atoms with van der Waals surface area (Å²) in [5, 5.41) is 11.1. The number of hydrogen-bond donors (Lipinski definition) is 0. The van der Waals surface area contributed by atoms with Crippen molar-refractivity contribution in [1.29, 1.82) is 0 Å². The van der Waals surface area contributed by atoms with Gasteiger partial charge in [0.2, 0.25) is 0 Å². The number of hydrogen-bond acceptors (Lipinski definition) is 6. The SMILES string of the molecule is CC(=O)OCC1=C(C(=O)[O-])N2C(=O)/C(=C/c3ccccc3)[C@H]2SC1.[Na+]. The third kappa shape index (κ3) is 4.00. The number of benzene rings is 1. The predicted octanol–water partition coefficient (Wildman–Crippen LogP) is -2.44. The summed E-state index contributed by atoms with van der Waals surface area (Å²) in [7, 11) is 0. The van der Waals surface area contributed by atoms with Crippen molar-refractivity contribution in [3.8, 4) is 0 Å². The summed E-state index contributed by atoms with van der Waals surface area (Å²) in [6.45, 7) is 1.09. The summed E-state index contributed by atoms with van der Waals surface area (Å²) in [5.41, 5.74) is 1.62. The number of ether oxygens (including phenoxy) is 1. The molecule has 0 bridgehead atoms. The fraction of sp³-hybridized carbons (Fsp3) is 0.235. The second-order valence-electron chi connectivity index (χ2n) is 5.37. The van der Waals surface area contributed by atoms with Crippen molar-refractivity contribution in [3.05, 3.63) is 52.7 Å². The summed E-state index contributed by atoms with van der Waals surface area (Å²) in [5.74, 6) is -1.95. The Morgan fingerprint density at radius 1 is 1.36 bits per heavy atom. The van der Waals surface area contributed by atoms with E-state index in [9.17, 15) is 19.5 Å². The molecule has 1 saturated heterocycles. The summed E-state index contributed by atoms with van der Waals surface area (Å²) in [6.07, 6.45) is 1.76. The van der Waals surface area contributed by atoms with Crippen LogP contribution in [0, 0.1) is 0 Å². The van der Waals surface area contributed by atoms with Gasteiger partial charge in [0.05, 0.1) is 17.2 Å². The van der Waals surface area contributed by atoms with Gasteiger partial charge in [0, 0.05) is 18.2 Å². The topological polar surface area (TPSA) is 86.7 Å². The Labute approximate surface area is 171 Å². The Balaban J connectivity index is 0.00000225. The number of rotatable bonds is 4. The van der Waals surface area contributed by atoms with Crippen LogP contribution in [0.25, 0.3) is 6.08 Å². The van der Waals surface area contributed by atoms with Gasteiger partial charge in [-0.15, -0.1) is 11.8 Å². The van der Waals surface area contributed by atoms with E-state index in [4.69, 9.17) is 4.74 Å². The first-order valence-corrected chi connectivity index (χ1v) is 8.32. The van der Waals surface area contributed by atoms with Gasteiger partial charge in [-0.1, -0.05) is 30.3 Å². The quantitative estimate of drug-likeness (QED) is 0.254. The number of nitrogens with zero attached hydrogens (tertiary/aromatic N) is 1. The Bertz CT molecular complexity index is 775. The van der Waals surface area contributed by atoms with Crippen molar-refractivity contribution in [2.24, 2.45) is 0 Å². The van der Waals surface area contributed by atoms with Gasteiger partial charge in [-0.05, 0) is 11.6 Å². The van der Waals surface area contributed by atoms with Crippen LogP contribution in [0.3, 0.4) is 0 Å². The third-order valence-corrected chi connectivity index (χ3v) is 5.02. The van der Waals surface area contributed by atoms with Crippen molar-refractivity contribution in [2.45, 2.75) is 12.3 Å². The molecule has 0 spiro atoms. The molecule has 2 aliphatic rings. The van der Waals surface area contributed by atoms with E-state index in [1.165, 1.54) is 23.6 Å². The molecule has 0 N–H and O–H groups in total. The minimum atomic E-state index is -1.44. The van der Waals surface area contributed by atoms with Crippen LogP contribution in [0.2, 0.25) is 0 Å². The number of carboxylic acid groups (broad SMARTS) is 1. The maximum atomic E-state index is 12.4. The molecular formula is C17H14NNaO5S. The van der Waals surface area contributed by atoms with Crippen LogP contribution in [0.4, 0.5) is 0 Å². The molecule has 6 nitrogen and oxygen atoms in total. The van der Waals surface area contributed by atoms with Crippen molar-refractivity contribution in [3.63, 3.8) is 0 Å². The van der Waals surface area contributed by atoms with Crippen LogP contribution >= 0.6 is 11.8 Å². The number of carboxylic acids is 1. The normalized spacial score (nSPS) is 20.5. The average Bonchev–Trinajstić information content (AvgIpc) is 2.57. The van der Waals surface area contributed by atoms with Gasteiger partial charge in [-0.3, -0.25) is 14.5 Å². The van der Waals surface area contributed by atoms with Crippen LogP contribution in [0.15, 0.2) is 47.2 Å². The zero-order valence-corrected chi connectivity index (χ0v) is 16.7. The number of carbonyl (C=O) groups excluding carboxylic acids is 3. The fourth-order valence-electron chi connectivity index (χ4n) is 2.63. The van der Waals surface area contributed by atoms with E-state index in [1.54, 1.807) is 6.08 Å². The zero-order chi connectivity index (χ0) is 17.3. The number of amides is 1. The van der Waals surface area contributed by atoms with Gasteiger partial charge in [-0.2, -0.15) is 0 Å².